The Hall–Kier alpha value is -0.950. The summed E-state index contributed by atoms with van der Waals surface area (Å²) in [5.74, 6) is 1.59. The lowest BCUT2D eigenvalue weighted by Crippen LogP contribution is -2.36. The van der Waals surface area contributed by atoms with E-state index in [0.29, 0.717) is 23.5 Å². The summed E-state index contributed by atoms with van der Waals surface area (Å²) >= 11 is 1.45. The molecule has 1 heterocycles. The molecule has 1 saturated carbocycles. The summed E-state index contributed by atoms with van der Waals surface area (Å²) in [5.41, 5.74) is -0.326. The van der Waals surface area contributed by atoms with Crippen LogP contribution in [0.3, 0.4) is 0 Å². The van der Waals surface area contributed by atoms with Crippen molar-refractivity contribution in [2.45, 2.75) is 64.8 Å². The third-order valence-electron chi connectivity index (χ3n) is 4.57. The summed E-state index contributed by atoms with van der Waals surface area (Å²) in [6.07, 6.45) is 1.87. The second kappa shape index (κ2) is 8.94. The molecule has 24 heavy (non-hydrogen) atoms. The number of hydrogen-bond donors (Lipinski definition) is 0. The summed E-state index contributed by atoms with van der Waals surface area (Å²) < 4.78 is 21.2. The van der Waals surface area contributed by atoms with Crippen molar-refractivity contribution in [2.24, 2.45) is 17.8 Å². The maximum atomic E-state index is 12.0. The van der Waals surface area contributed by atoms with Crippen molar-refractivity contribution in [3.05, 3.63) is 0 Å². The number of ether oxygens (including phenoxy) is 4. The number of esters is 1. The third-order valence-corrected chi connectivity index (χ3v) is 5.65. The van der Waals surface area contributed by atoms with E-state index >= 15 is 0 Å². The average Bonchev–Trinajstić information content (AvgIpc) is 2.91. The van der Waals surface area contributed by atoms with Gasteiger partial charge in [0, 0.05) is 6.92 Å². The van der Waals surface area contributed by atoms with Gasteiger partial charge in [0.05, 0.1) is 5.75 Å². The van der Waals surface area contributed by atoms with Gasteiger partial charge in [0.15, 0.2) is 0 Å². The van der Waals surface area contributed by atoms with Crippen LogP contribution in [-0.2, 0) is 23.7 Å². The van der Waals surface area contributed by atoms with Gasteiger partial charge in [-0.05, 0) is 30.6 Å². The van der Waals surface area contributed by atoms with Crippen LogP contribution in [0.1, 0.15) is 47.0 Å². The lowest BCUT2D eigenvalue weighted by atomic mass is 9.75. The van der Waals surface area contributed by atoms with E-state index in [-0.39, 0.29) is 24.1 Å². The molecule has 1 aliphatic heterocycles. The predicted molar refractivity (Wildman–Crippen MR) is 90.4 cm³/mol. The fourth-order valence-electron chi connectivity index (χ4n) is 3.31. The van der Waals surface area contributed by atoms with Gasteiger partial charge in [-0.15, -0.1) is 11.8 Å². The standard InChI is InChI=1S/C17H28O6S/c1-10(2)13-6-5-11(3)7-14(13)22-17(19)20-8-16-23-15(9-24-16)21-12(4)18/h10-11,13-16H,5-9H2,1-4H3/t11?,13-,14?,15?,16+/m0/s1. The number of carbonyl (C=O) groups excluding carboxylic acids is 2. The highest BCUT2D eigenvalue weighted by atomic mass is 32.2. The van der Waals surface area contributed by atoms with Crippen LogP contribution in [0.4, 0.5) is 4.79 Å². The first-order valence-electron chi connectivity index (χ1n) is 8.62. The molecule has 6 nitrogen and oxygen atoms in total. The van der Waals surface area contributed by atoms with Gasteiger partial charge in [0.25, 0.3) is 0 Å². The molecule has 0 aromatic carbocycles. The van der Waals surface area contributed by atoms with Gasteiger partial charge in [-0.3, -0.25) is 4.79 Å². The van der Waals surface area contributed by atoms with Crippen LogP contribution >= 0.6 is 11.8 Å². The molecular formula is C17H28O6S. The normalized spacial score (nSPS) is 33.3. The second-order valence-corrected chi connectivity index (χ2v) is 8.17. The number of rotatable bonds is 5. The summed E-state index contributed by atoms with van der Waals surface area (Å²) in [4.78, 5) is 22.9. The van der Waals surface area contributed by atoms with E-state index in [1.54, 1.807) is 0 Å². The van der Waals surface area contributed by atoms with Gasteiger partial charge in [-0.2, -0.15) is 0 Å². The second-order valence-electron chi connectivity index (χ2n) is 6.98. The zero-order valence-corrected chi connectivity index (χ0v) is 15.7. The van der Waals surface area contributed by atoms with E-state index in [0.717, 1.165) is 12.8 Å². The molecule has 0 aromatic heterocycles. The molecule has 2 fully saturated rings. The van der Waals surface area contributed by atoms with E-state index in [2.05, 4.69) is 20.8 Å². The monoisotopic (exact) mass is 360 g/mol. The van der Waals surface area contributed by atoms with Crippen molar-refractivity contribution in [1.29, 1.82) is 0 Å². The minimum atomic E-state index is -0.639. The molecule has 1 saturated heterocycles. The fourth-order valence-corrected chi connectivity index (χ4v) is 4.20. The molecule has 0 radical (unpaired) electrons. The van der Waals surface area contributed by atoms with Gasteiger partial charge < -0.3 is 18.9 Å². The molecule has 2 rings (SSSR count). The Kier molecular flexibility index (Phi) is 7.22. The predicted octanol–water partition coefficient (Wildman–Crippen LogP) is 3.58. The molecule has 5 atom stereocenters. The van der Waals surface area contributed by atoms with Crippen molar-refractivity contribution >= 4 is 23.9 Å². The Bertz CT molecular complexity index is 441. The SMILES string of the molecule is CC(=O)OC1CS[C@H](COC(=O)OC2CC(C)CC[C@H]2C(C)C)O1. The van der Waals surface area contributed by atoms with Gasteiger partial charge in [-0.25, -0.2) is 4.79 Å². The Morgan fingerprint density at radius 2 is 2.00 bits per heavy atom. The van der Waals surface area contributed by atoms with E-state index in [1.807, 2.05) is 0 Å². The maximum Gasteiger partial charge on any atom is 0.508 e. The molecule has 0 bridgehead atoms. The Labute approximate surface area is 147 Å². The topological polar surface area (TPSA) is 71.1 Å². The van der Waals surface area contributed by atoms with Gasteiger partial charge in [0.1, 0.15) is 18.1 Å². The summed E-state index contributed by atoms with van der Waals surface area (Å²) in [6.45, 7) is 7.96. The van der Waals surface area contributed by atoms with E-state index in [4.69, 9.17) is 18.9 Å². The first kappa shape index (κ1) is 19.4. The Morgan fingerprint density at radius 3 is 2.67 bits per heavy atom. The average molecular weight is 360 g/mol. The lowest BCUT2D eigenvalue weighted by molar-refractivity contribution is -0.172. The van der Waals surface area contributed by atoms with Crippen LogP contribution < -0.4 is 0 Å². The molecule has 0 amide bonds. The largest absolute Gasteiger partial charge is 0.508 e. The van der Waals surface area contributed by atoms with E-state index in [9.17, 15) is 9.59 Å². The Morgan fingerprint density at radius 1 is 1.25 bits per heavy atom. The molecule has 1 aliphatic carbocycles. The van der Waals surface area contributed by atoms with Gasteiger partial charge in [0.2, 0.25) is 6.29 Å². The van der Waals surface area contributed by atoms with Crippen molar-refractivity contribution in [1.82, 2.24) is 0 Å². The molecule has 0 aromatic rings. The van der Waals surface area contributed by atoms with E-state index < -0.39 is 12.4 Å². The highest BCUT2D eigenvalue weighted by Gasteiger charge is 2.34. The van der Waals surface area contributed by atoms with Crippen LogP contribution in [0.2, 0.25) is 0 Å². The van der Waals surface area contributed by atoms with Crippen molar-refractivity contribution in [2.75, 3.05) is 12.4 Å². The minimum absolute atomic E-state index is 0.0767. The highest BCUT2D eigenvalue weighted by molar-refractivity contribution is 8.00. The lowest BCUT2D eigenvalue weighted by Gasteiger charge is -2.36. The Balaban J connectivity index is 1.73. The van der Waals surface area contributed by atoms with Crippen molar-refractivity contribution < 1.29 is 28.5 Å². The minimum Gasteiger partial charge on any atom is -0.435 e. The fraction of sp³-hybridized carbons (Fsp3) is 0.882. The first-order valence-corrected chi connectivity index (χ1v) is 9.67. The first-order chi connectivity index (χ1) is 11.3. The van der Waals surface area contributed by atoms with Crippen LogP contribution in [0.25, 0.3) is 0 Å². The number of thioether (sulfide) groups is 1. The smallest absolute Gasteiger partial charge is 0.435 e. The quantitative estimate of drug-likeness (QED) is 0.694. The molecule has 0 N–H and O–H groups in total. The highest BCUT2D eigenvalue weighted by Crippen LogP contribution is 2.35. The molecule has 0 spiro atoms. The summed E-state index contributed by atoms with van der Waals surface area (Å²) in [6, 6.07) is 0. The van der Waals surface area contributed by atoms with E-state index in [1.165, 1.54) is 25.1 Å². The zero-order valence-electron chi connectivity index (χ0n) is 14.9. The summed E-state index contributed by atoms with van der Waals surface area (Å²) in [5, 5.41) is 0. The van der Waals surface area contributed by atoms with Gasteiger partial charge >= 0.3 is 12.1 Å². The molecule has 7 heteroatoms. The third kappa shape index (κ3) is 5.84. The maximum absolute atomic E-state index is 12.0. The van der Waals surface area contributed by atoms with Crippen LogP contribution in [0, 0.1) is 17.8 Å². The van der Waals surface area contributed by atoms with Crippen molar-refractivity contribution in [3.8, 4) is 0 Å². The molecule has 2 aliphatic rings. The van der Waals surface area contributed by atoms with Crippen LogP contribution in [-0.4, -0.2) is 42.3 Å². The van der Waals surface area contributed by atoms with Crippen molar-refractivity contribution in [3.63, 3.8) is 0 Å². The number of carbonyl (C=O) groups is 2. The molecular weight excluding hydrogens is 332 g/mol. The molecule has 138 valence electrons. The molecule has 3 unspecified atom stereocenters. The zero-order chi connectivity index (χ0) is 17.7. The van der Waals surface area contributed by atoms with Gasteiger partial charge in [-0.1, -0.05) is 27.2 Å². The number of hydrogen-bond acceptors (Lipinski definition) is 7. The van der Waals surface area contributed by atoms with Crippen LogP contribution in [0.15, 0.2) is 0 Å². The summed E-state index contributed by atoms with van der Waals surface area (Å²) in [7, 11) is 0. The van der Waals surface area contributed by atoms with Crippen LogP contribution in [0.5, 0.6) is 0 Å².